The van der Waals surface area contributed by atoms with E-state index in [-0.39, 0.29) is 12.4 Å². The molecule has 3 rings (SSSR count). The van der Waals surface area contributed by atoms with Crippen LogP contribution in [0.25, 0.3) is 0 Å². The van der Waals surface area contributed by atoms with Gasteiger partial charge in [-0.3, -0.25) is 4.98 Å². The van der Waals surface area contributed by atoms with Crippen molar-refractivity contribution in [3.8, 4) is 5.88 Å². The number of nitrogens with zero attached hydrogens (tertiary/aromatic N) is 3. The molecule has 1 aliphatic heterocycles. The monoisotopic (exact) mass is 270 g/mol. The second-order valence-electron chi connectivity index (χ2n) is 4.70. The first kappa shape index (κ1) is 13.4. The van der Waals surface area contributed by atoms with Crippen LogP contribution in [0.4, 0.5) is 5.82 Å². The number of fused-ring (bicyclic) bond motifs is 1. The molecule has 0 bridgehead atoms. The van der Waals surface area contributed by atoms with Crippen LogP contribution in [0.2, 0.25) is 0 Å². The smallest absolute Gasteiger partial charge is 0.239 e. The Kier molecular flexibility index (Phi) is 4.24. The number of ether oxygens (including phenoxy) is 1. The molecular formula is C12H19ClN4O. The Morgan fingerprint density at radius 2 is 2.28 bits per heavy atom. The molecule has 0 amide bonds. The Labute approximate surface area is 113 Å². The molecule has 1 saturated carbocycles. The van der Waals surface area contributed by atoms with Crippen LogP contribution in [0.15, 0.2) is 6.20 Å². The lowest BCUT2D eigenvalue weighted by Gasteiger charge is -2.35. The molecule has 1 aliphatic carbocycles. The minimum atomic E-state index is 0. The van der Waals surface area contributed by atoms with Gasteiger partial charge in [0.1, 0.15) is 12.3 Å². The summed E-state index contributed by atoms with van der Waals surface area (Å²) < 4.78 is 5.61. The Morgan fingerprint density at radius 1 is 1.44 bits per heavy atom. The van der Waals surface area contributed by atoms with Crippen molar-refractivity contribution in [3.63, 3.8) is 0 Å². The van der Waals surface area contributed by atoms with Gasteiger partial charge in [0.15, 0.2) is 5.82 Å². The van der Waals surface area contributed by atoms with Gasteiger partial charge in [0.05, 0.1) is 6.20 Å². The minimum Gasteiger partial charge on any atom is -0.475 e. The van der Waals surface area contributed by atoms with Gasteiger partial charge in [0.2, 0.25) is 5.88 Å². The van der Waals surface area contributed by atoms with Gasteiger partial charge in [-0.15, -0.1) is 12.4 Å². The first-order valence-electron chi connectivity index (χ1n) is 6.27. The zero-order valence-electron chi connectivity index (χ0n) is 10.6. The minimum absolute atomic E-state index is 0. The molecule has 0 radical (unpaired) electrons. The molecular weight excluding hydrogens is 252 g/mol. The number of aromatic nitrogens is 2. The van der Waals surface area contributed by atoms with E-state index in [0.717, 1.165) is 24.6 Å². The highest BCUT2D eigenvalue weighted by Gasteiger charge is 2.24. The molecule has 5 nitrogen and oxygen atoms in total. The summed E-state index contributed by atoms with van der Waals surface area (Å²) in [6.07, 6.45) is 5.71. The average molecular weight is 271 g/mol. The van der Waals surface area contributed by atoms with Crippen molar-refractivity contribution in [3.05, 3.63) is 11.9 Å². The summed E-state index contributed by atoms with van der Waals surface area (Å²) in [5, 5.41) is 3.26. The summed E-state index contributed by atoms with van der Waals surface area (Å²) in [5.74, 6) is 1.62. The maximum Gasteiger partial charge on any atom is 0.239 e. The van der Waals surface area contributed by atoms with E-state index in [0.29, 0.717) is 18.5 Å². The van der Waals surface area contributed by atoms with E-state index in [4.69, 9.17) is 4.74 Å². The number of hydrogen-bond donors (Lipinski definition) is 1. The van der Waals surface area contributed by atoms with Crippen molar-refractivity contribution in [2.45, 2.75) is 31.8 Å². The predicted molar refractivity (Wildman–Crippen MR) is 72.5 cm³/mol. The summed E-state index contributed by atoms with van der Waals surface area (Å²) in [4.78, 5) is 11.2. The number of hydrogen-bond acceptors (Lipinski definition) is 5. The van der Waals surface area contributed by atoms with Crippen LogP contribution in [0, 0.1) is 0 Å². The zero-order valence-corrected chi connectivity index (χ0v) is 11.4. The van der Waals surface area contributed by atoms with Gasteiger partial charge in [-0.1, -0.05) is 0 Å². The molecule has 0 atom stereocenters. The normalized spacial score (nSPS) is 18.7. The maximum atomic E-state index is 5.61. The van der Waals surface area contributed by atoms with E-state index >= 15 is 0 Å². The molecule has 6 heteroatoms. The molecule has 1 aromatic rings. The third-order valence-corrected chi connectivity index (χ3v) is 3.59. The Bertz CT molecular complexity index is 411. The fourth-order valence-electron chi connectivity index (χ4n) is 2.18. The van der Waals surface area contributed by atoms with Crippen LogP contribution in [0.5, 0.6) is 5.88 Å². The van der Waals surface area contributed by atoms with Crippen molar-refractivity contribution >= 4 is 18.2 Å². The molecule has 2 aliphatic rings. The van der Waals surface area contributed by atoms with Crippen molar-refractivity contribution in [2.24, 2.45) is 0 Å². The lowest BCUT2D eigenvalue weighted by Crippen LogP contribution is -2.37. The molecule has 0 spiro atoms. The van der Waals surface area contributed by atoms with Crippen LogP contribution in [0.3, 0.4) is 0 Å². The van der Waals surface area contributed by atoms with E-state index < -0.39 is 0 Å². The number of nitrogens with one attached hydrogen (secondary N) is 1. The Morgan fingerprint density at radius 3 is 3.00 bits per heavy atom. The zero-order chi connectivity index (χ0) is 11.7. The van der Waals surface area contributed by atoms with Gasteiger partial charge < -0.3 is 15.0 Å². The van der Waals surface area contributed by atoms with E-state index in [1.54, 1.807) is 0 Å². The van der Waals surface area contributed by atoms with Gasteiger partial charge in [-0.05, 0) is 19.3 Å². The topological polar surface area (TPSA) is 50.3 Å². The SMILES string of the molecule is CN(c1cnc2c(n1)OCCNC2)C1CCC1.Cl. The number of anilines is 1. The van der Waals surface area contributed by atoms with Gasteiger partial charge >= 0.3 is 0 Å². The molecule has 1 fully saturated rings. The highest BCUT2D eigenvalue weighted by Crippen LogP contribution is 2.28. The van der Waals surface area contributed by atoms with Crippen molar-refractivity contribution in [2.75, 3.05) is 25.1 Å². The van der Waals surface area contributed by atoms with Gasteiger partial charge in [0, 0.05) is 26.2 Å². The molecule has 0 unspecified atom stereocenters. The predicted octanol–water partition coefficient (Wildman–Crippen LogP) is 1.37. The average Bonchev–Trinajstić information content (AvgIpc) is 2.50. The molecule has 100 valence electrons. The molecule has 18 heavy (non-hydrogen) atoms. The van der Waals surface area contributed by atoms with Crippen LogP contribution < -0.4 is 15.0 Å². The van der Waals surface area contributed by atoms with E-state index in [9.17, 15) is 0 Å². The van der Waals surface area contributed by atoms with Crippen LogP contribution in [-0.2, 0) is 6.54 Å². The quantitative estimate of drug-likeness (QED) is 0.880. The standard InChI is InChI=1S/C12H18N4O.ClH/c1-16(9-3-2-4-9)11-8-14-10-7-13-5-6-17-12(10)15-11;/h8-9,13H,2-7H2,1H3;1H. The van der Waals surface area contributed by atoms with E-state index in [1.807, 2.05) is 6.20 Å². The maximum absolute atomic E-state index is 5.61. The van der Waals surface area contributed by atoms with Crippen molar-refractivity contribution in [1.29, 1.82) is 0 Å². The summed E-state index contributed by atoms with van der Waals surface area (Å²) in [5.41, 5.74) is 0.910. The molecule has 0 aromatic carbocycles. The molecule has 0 saturated heterocycles. The second-order valence-corrected chi connectivity index (χ2v) is 4.70. The lowest BCUT2D eigenvalue weighted by atomic mass is 9.92. The third kappa shape index (κ3) is 2.52. The summed E-state index contributed by atoms with van der Waals surface area (Å²) in [6, 6.07) is 0.631. The second kappa shape index (κ2) is 5.71. The highest BCUT2D eigenvalue weighted by atomic mass is 35.5. The summed E-state index contributed by atoms with van der Waals surface area (Å²) in [6.45, 7) is 2.26. The summed E-state index contributed by atoms with van der Waals surface area (Å²) in [7, 11) is 2.09. The van der Waals surface area contributed by atoms with E-state index in [1.165, 1.54) is 19.3 Å². The Balaban J connectivity index is 0.00000120. The number of halogens is 1. The summed E-state index contributed by atoms with van der Waals surface area (Å²) >= 11 is 0. The van der Waals surface area contributed by atoms with E-state index in [2.05, 4.69) is 27.2 Å². The lowest BCUT2D eigenvalue weighted by molar-refractivity contribution is 0.312. The van der Waals surface area contributed by atoms with Crippen molar-refractivity contribution in [1.82, 2.24) is 15.3 Å². The first-order valence-corrected chi connectivity index (χ1v) is 6.27. The number of rotatable bonds is 2. The van der Waals surface area contributed by atoms with Crippen molar-refractivity contribution < 1.29 is 4.74 Å². The molecule has 1 N–H and O–H groups in total. The van der Waals surface area contributed by atoms with Crippen LogP contribution in [0.1, 0.15) is 25.0 Å². The molecule has 1 aromatic heterocycles. The highest BCUT2D eigenvalue weighted by molar-refractivity contribution is 5.85. The fourth-order valence-corrected chi connectivity index (χ4v) is 2.18. The van der Waals surface area contributed by atoms with Gasteiger partial charge in [-0.2, -0.15) is 4.98 Å². The third-order valence-electron chi connectivity index (χ3n) is 3.59. The first-order chi connectivity index (χ1) is 8.34. The van der Waals surface area contributed by atoms with Gasteiger partial charge in [-0.25, -0.2) is 0 Å². The Hall–Kier alpha value is -1.07. The fraction of sp³-hybridized carbons (Fsp3) is 0.667. The molecule has 2 heterocycles. The van der Waals surface area contributed by atoms with Crippen LogP contribution >= 0.6 is 12.4 Å². The van der Waals surface area contributed by atoms with Crippen LogP contribution in [-0.4, -0.2) is 36.2 Å². The van der Waals surface area contributed by atoms with Gasteiger partial charge in [0.25, 0.3) is 0 Å². The largest absolute Gasteiger partial charge is 0.475 e.